The zero-order valence-electron chi connectivity index (χ0n) is 12.9. The highest BCUT2D eigenvalue weighted by molar-refractivity contribution is 5.97. The maximum Gasteiger partial charge on any atom is 0.229 e. The third kappa shape index (κ3) is 2.14. The van der Waals surface area contributed by atoms with Crippen molar-refractivity contribution in [1.29, 1.82) is 0 Å². The maximum atomic E-state index is 12.4. The van der Waals surface area contributed by atoms with Crippen molar-refractivity contribution >= 4 is 11.6 Å². The molecule has 116 valence electrons. The lowest BCUT2D eigenvalue weighted by Crippen LogP contribution is -2.37. The predicted octanol–water partition coefficient (Wildman–Crippen LogP) is 1.70. The Morgan fingerprint density at radius 1 is 1.36 bits per heavy atom. The van der Waals surface area contributed by atoms with Crippen molar-refractivity contribution in [3.8, 4) is 0 Å². The number of amides is 1. The number of carbonyl (C=O) groups excluding carboxylic acids is 1. The quantitative estimate of drug-likeness (QED) is 0.866. The van der Waals surface area contributed by atoms with Crippen molar-refractivity contribution < 1.29 is 9.21 Å². The second-order valence-corrected chi connectivity index (χ2v) is 6.25. The molecule has 0 spiro atoms. The molecule has 2 fully saturated rings. The molecule has 0 saturated carbocycles. The van der Waals surface area contributed by atoms with Crippen molar-refractivity contribution in [2.75, 3.05) is 11.4 Å². The first-order chi connectivity index (χ1) is 10.6. The van der Waals surface area contributed by atoms with Crippen molar-refractivity contribution in [2.45, 2.75) is 38.4 Å². The van der Waals surface area contributed by atoms with Gasteiger partial charge in [0.05, 0.1) is 24.5 Å². The largest absolute Gasteiger partial charge is 0.465 e. The van der Waals surface area contributed by atoms with Crippen LogP contribution in [0.25, 0.3) is 0 Å². The van der Waals surface area contributed by atoms with Crippen LogP contribution in [-0.4, -0.2) is 39.2 Å². The molecule has 0 bridgehead atoms. The first-order valence-corrected chi connectivity index (χ1v) is 7.72. The Morgan fingerprint density at radius 2 is 2.23 bits per heavy atom. The average molecular weight is 300 g/mol. The van der Waals surface area contributed by atoms with Crippen LogP contribution < -0.4 is 4.90 Å². The number of nitrogens with zero attached hydrogens (tertiary/aromatic N) is 4. The van der Waals surface area contributed by atoms with E-state index in [0.29, 0.717) is 6.42 Å². The molecule has 2 aromatic rings. The minimum absolute atomic E-state index is 0.198. The number of fused-ring (bicyclic) bond motifs is 1. The van der Waals surface area contributed by atoms with Crippen LogP contribution in [0.3, 0.4) is 0 Å². The Kier molecular flexibility index (Phi) is 3.07. The minimum Gasteiger partial charge on any atom is -0.465 e. The normalized spacial score (nSPS) is 25.2. The summed E-state index contributed by atoms with van der Waals surface area (Å²) >= 11 is 0. The number of carbonyl (C=O) groups is 1. The number of hydrogen-bond acceptors (Lipinski definition) is 4. The first-order valence-electron chi connectivity index (χ1n) is 7.72. The fourth-order valence-corrected chi connectivity index (χ4v) is 3.76. The summed E-state index contributed by atoms with van der Waals surface area (Å²) in [5, 5.41) is 4.19. The Labute approximate surface area is 129 Å². The van der Waals surface area contributed by atoms with Crippen LogP contribution in [-0.2, 0) is 18.4 Å². The summed E-state index contributed by atoms with van der Waals surface area (Å²) in [7, 11) is 1.88. The van der Waals surface area contributed by atoms with E-state index in [2.05, 4.69) is 10.00 Å². The molecule has 1 amide bonds. The summed E-state index contributed by atoms with van der Waals surface area (Å²) in [6.07, 6.45) is 5.28. The Bertz CT molecular complexity index is 705. The molecule has 0 aromatic carbocycles. The van der Waals surface area contributed by atoms with Gasteiger partial charge in [-0.2, -0.15) is 5.10 Å². The zero-order chi connectivity index (χ0) is 15.3. The second-order valence-electron chi connectivity index (χ2n) is 6.25. The van der Waals surface area contributed by atoms with Crippen LogP contribution in [0.15, 0.2) is 28.9 Å². The van der Waals surface area contributed by atoms with Crippen LogP contribution in [0.2, 0.25) is 0 Å². The van der Waals surface area contributed by atoms with Gasteiger partial charge in [-0.15, -0.1) is 0 Å². The molecule has 0 radical (unpaired) electrons. The van der Waals surface area contributed by atoms with E-state index in [1.807, 2.05) is 37.2 Å². The lowest BCUT2D eigenvalue weighted by atomic mass is 10.1. The minimum atomic E-state index is 0.198. The van der Waals surface area contributed by atoms with Crippen molar-refractivity contribution in [3.63, 3.8) is 0 Å². The van der Waals surface area contributed by atoms with Gasteiger partial charge in [-0.25, -0.2) is 0 Å². The Hall–Kier alpha value is -2.08. The number of rotatable bonds is 3. The fourth-order valence-electron chi connectivity index (χ4n) is 3.76. The van der Waals surface area contributed by atoms with E-state index in [9.17, 15) is 4.79 Å². The van der Waals surface area contributed by atoms with Crippen molar-refractivity contribution in [2.24, 2.45) is 7.05 Å². The number of hydrogen-bond donors (Lipinski definition) is 0. The van der Waals surface area contributed by atoms with Gasteiger partial charge in [0.25, 0.3) is 0 Å². The van der Waals surface area contributed by atoms with Crippen molar-refractivity contribution in [1.82, 2.24) is 14.7 Å². The molecule has 6 heteroatoms. The molecule has 22 heavy (non-hydrogen) atoms. The number of furan rings is 1. The lowest BCUT2D eigenvalue weighted by molar-refractivity contribution is -0.117. The molecule has 2 aliphatic rings. The van der Waals surface area contributed by atoms with Gasteiger partial charge in [-0.05, 0) is 25.5 Å². The van der Waals surface area contributed by atoms with Gasteiger partial charge >= 0.3 is 0 Å². The molecule has 0 unspecified atom stereocenters. The molecule has 0 aliphatic carbocycles. The zero-order valence-corrected chi connectivity index (χ0v) is 12.9. The highest BCUT2D eigenvalue weighted by Crippen LogP contribution is 2.36. The van der Waals surface area contributed by atoms with Gasteiger partial charge in [-0.1, -0.05) is 0 Å². The van der Waals surface area contributed by atoms with E-state index in [0.717, 1.165) is 36.7 Å². The second kappa shape index (κ2) is 4.98. The molecule has 2 aliphatic heterocycles. The van der Waals surface area contributed by atoms with E-state index >= 15 is 0 Å². The molecule has 6 nitrogen and oxygen atoms in total. The number of aromatic nitrogens is 2. The smallest absolute Gasteiger partial charge is 0.229 e. The molecule has 0 N–H and O–H groups in total. The average Bonchev–Trinajstić information content (AvgIpc) is 3.20. The predicted molar refractivity (Wildman–Crippen MR) is 81.4 cm³/mol. The molecular weight excluding hydrogens is 280 g/mol. The van der Waals surface area contributed by atoms with Crippen molar-refractivity contribution in [3.05, 3.63) is 36.0 Å². The summed E-state index contributed by atoms with van der Waals surface area (Å²) in [5.74, 6) is 2.11. The summed E-state index contributed by atoms with van der Waals surface area (Å²) in [6, 6.07) is 4.55. The fraction of sp³-hybridized carbons (Fsp3) is 0.500. The standard InChI is InChI=1S/C16H20N4O2/c1-11-3-4-13(22-11)10-19-6-5-14-15(19)7-16(21)20(14)12-8-17-18(2)9-12/h3-4,8-9,14-15H,5-7,10H2,1-2H3/t14-,15+/m0/s1. The number of anilines is 1. The third-order valence-corrected chi connectivity index (χ3v) is 4.73. The summed E-state index contributed by atoms with van der Waals surface area (Å²) in [6.45, 7) is 3.74. The number of aryl methyl sites for hydroxylation is 2. The molecule has 4 rings (SSSR count). The van der Waals surface area contributed by atoms with Gasteiger partial charge in [0, 0.05) is 32.3 Å². The van der Waals surface area contributed by atoms with Gasteiger partial charge in [-0.3, -0.25) is 14.4 Å². The van der Waals surface area contributed by atoms with Crippen LogP contribution in [0.1, 0.15) is 24.4 Å². The topological polar surface area (TPSA) is 54.5 Å². The van der Waals surface area contributed by atoms with Gasteiger partial charge in [0.2, 0.25) is 5.91 Å². The molecule has 2 aromatic heterocycles. The van der Waals surface area contributed by atoms with Gasteiger partial charge < -0.3 is 9.32 Å². The van der Waals surface area contributed by atoms with Crippen LogP contribution in [0, 0.1) is 6.92 Å². The van der Waals surface area contributed by atoms with Gasteiger partial charge in [0.1, 0.15) is 11.5 Å². The molecule has 2 saturated heterocycles. The van der Waals surface area contributed by atoms with Gasteiger partial charge in [0.15, 0.2) is 0 Å². The third-order valence-electron chi connectivity index (χ3n) is 4.73. The first kappa shape index (κ1) is 13.6. The SMILES string of the molecule is Cc1ccc(CN2CC[C@H]3[C@H]2CC(=O)N3c2cnn(C)c2)o1. The van der Waals surface area contributed by atoms with Crippen LogP contribution in [0.5, 0.6) is 0 Å². The van der Waals surface area contributed by atoms with Crippen LogP contribution in [0.4, 0.5) is 5.69 Å². The lowest BCUT2D eigenvalue weighted by Gasteiger charge is -2.23. The van der Waals surface area contributed by atoms with E-state index in [-0.39, 0.29) is 18.0 Å². The summed E-state index contributed by atoms with van der Waals surface area (Å²) < 4.78 is 7.43. The molecular formula is C16H20N4O2. The van der Waals surface area contributed by atoms with E-state index in [1.54, 1.807) is 10.9 Å². The highest BCUT2D eigenvalue weighted by Gasteiger charge is 2.47. The monoisotopic (exact) mass is 300 g/mol. The highest BCUT2D eigenvalue weighted by atomic mass is 16.3. The maximum absolute atomic E-state index is 12.4. The number of likely N-dealkylation sites (tertiary alicyclic amines) is 1. The van der Waals surface area contributed by atoms with E-state index < -0.39 is 0 Å². The van der Waals surface area contributed by atoms with E-state index in [1.165, 1.54) is 0 Å². The summed E-state index contributed by atoms with van der Waals surface area (Å²) in [4.78, 5) is 16.7. The summed E-state index contributed by atoms with van der Waals surface area (Å²) in [5.41, 5.74) is 0.913. The van der Waals surface area contributed by atoms with Crippen LogP contribution >= 0.6 is 0 Å². The van der Waals surface area contributed by atoms with E-state index in [4.69, 9.17) is 4.42 Å². The molecule has 2 atom stereocenters. The Morgan fingerprint density at radius 3 is 2.91 bits per heavy atom. The Balaban J connectivity index is 1.54. The molecule has 4 heterocycles.